The first-order valence-corrected chi connectivity index (χ1v) is 13.5. The van der Waals surface area contributed by atoms with Gasteiger partial charge in [-0.05, 0) is 6.42 Å². The molecule has 0 radical (unpaired) electrons. The van der Waals surface area contributed by atoms with E-state index in [4.69, 9.17) is 14.2 Å². The fourth-order valence-corrected chi connectivity index (χ4v) is 4.57. The summed E-state index contributed by atoms with van der Waals surface area (Å²) in [6.45, 7) is 1.39. The Morgan fingerprint density at radius 3 is 1.84 bits per heavy atom. The minimum Gasteiger partial charge on any atom is -0.450 e. The number of esters is 1. The van der Waals surface area contributed by atoms with Crippen LogP contribution in [0.25, 0.3) is 0 Å². The lowest BCUT2D eigenvalue weighted by Gasteiger charge is -2.22. The van der Waals surface area contributed by atoms with E-state index in [0.717, 1.165) is 19.3 Å². The number of cyclic esters (lactones) is 1. The number of unbranched alkanes of at least 4 members (excludes halogenated alkanes) is 13. The maximum Gasteiger partial charge on any atom is 0.473 e. The van der Waals surface area contributed by atoms with Gasteiger partial charge in [-0.25, -0.2) is 9.36 Å². The molecule has 0 aromatic heterocycles. The van der Waals surface area contributed by atoms with Crippen LogP contribution in [0.4, 0.5) is 0 Å². The molecule has 1 rings (SSSR count). The average Bonchev–Trinajstić information content (AvgIpc) is 3.03. The molecule has 32 heavy (non-hydrogen) atoms. The highest BCUT2D eigenvalue weighted by Gasteiger charge is 2.51. The van der Waals surface area contributed by atoms with Gasteiger partial charge in [-0.15, -0.1) is 0 Å². The molecule has 0 saturated carbocycles. The van der Waals surface area contributed by atoms with Crippen LogP contribution in [0, 0.1) is 0 Å². The number of phosphoric acid groups is 1. The Kier molecular flexibility index (Phi) is 15.3. The lowest BCUT2D eigenvalue weighted by Crippen LogP contribution is -2.40. The highest BCUT2D eigenvalue weighted by atomic mass is 31.2. The largest absolute Gasteiger partial charge is 0.473 e. The monoisotopic (exact) mass is 480 g/mol. The van der Waals surface area contributed by atoms with Crippen molar-refractivity contribution in [3.05, 3.63) is 0 Å². The fraction of sp³-hybridized carbons (Fsp3) is 0.909. The molecule has 4 atom stereocenters. The van der Waals surface area contributed by atoms with E-state index in [2.05, 4.69) is 11.7 Å². The first-order valence-electron chi connectivity index (χ1n) is 12.0. The smallest absolute Gasteiger partial charge is 0.450 e. The number of hydrogen-bond acceptors (Lipinski definition) is 8. The molecule has 2 unspecified atom stereocenters. The van der Waals surface area contributed by atoms with Crippen LogP contribution in [-0.4, -0.2) is 58.4 Å². The summed E-state index contributed by atoms with van der Waals surface area (Å²) < 4.78 is 26.3. The molecule has 0 amide bonds. The Labute approximate surface area is 191 Å². The van der Waals surface area contributed by atoms with Gasteiger partial charge in [0.2, 0.25) is 0 Å². The van der Waals surface area contributed by atoms with Crippen LogP contribution in [0.15, 0.2) is 0 Å². The number of hydrogen-bond donors (Lipinski definition) is 3. The van der Waals surface area contributed by atoms with Gasteiger partial charge in [0.05, 0.1) is 13.2 Å². The average molecular weight is 481 g/mol. The SMILES string of the molecule is CCCCCCCCCCCCCCCCOP(=O)(O)OC1C(=O)C(=O)O[C@@H]1[C@@H](O)CO. The lowest BCUT2D eigenvalue weighted by atomic mass is 10.0. The highest BCUT2D eigenvalue weighted by Crippen LogP contribution is 2.46. The number of Topliss-reactive ketones (excluding diaryl/α,β-unsaturated/α-hetero) is 1. The number of ether oxygens (including phenoxy) is 1. The summed E-state index contributed by atoms with van der Waals surface area (Å²) in [4.78, 5) is 32.9. The van der Waals surface area contributed by atoms with Crippen molar-refractivity contribution in [2.24, 2.45) is 0 Å². The van der Waals surface area contributed by atoms with E-state index in [1.165, 1.54) is 64.2 Å². The van der Waals surface area contributed by atoms with Crippen molar-refractivity contribution in [2.75, 3.05) is 13.2 Å². The van der Waals surface area contributed by atoms with Crippen molar-refractivity contribution >= 4 is 19.6 Å². The van der Waals surface area contributed by atoms with E-state index in [0.29, 0.717) is 6.42 Å². The second-order valence-electron chi connectivity index (χ2n) is 8.41. The zero-order valence-electron chi connectivity index (χ0n) is 19.3. The van der Waals surface area contributed by atoms with Crippen molar-refractivity contribution in [3.8, 4) is 0 Å². The first kappa shape index (κ1) is 29.2. The van der Waals surface area contributed by atoms with E-state index >= 15 is 0 Å². The molecule has 1 saturated heterocycles. The predicted molar refractivity (Wildman–Crippen MR) is 119 cm³/mol. The van der Waals surface area contributed by atoms with Gasteiger partial charge in [-0.3, -0.25) is 13.8 Å². The second-order valence-corrected chi connectivity index (χ2v) is 9.81. The molecule has 9 nitrogen and oxygen atoms in total. The van der Waals surface area contributed by atoms with Crippen molar-refractivity contribution in [1.82, 2.24) is 0 Å². The lowest BCUT2D eigenvalue weighted by molar-refractivity contribution is -0.152. The molecule has 1 aliphatic rings. The summed E-state index contributed by atoms with van der Waals surface area (Å²) in [5.41, 5.74) is 0. The van der Waals surface area contributed by atoms with E-state index < -0.39 is 44.5 Å². The normalized spacial score (nSPS) is 21.5. The Morgan fingerprint density at radius 1 is 0.906 bits per heavy atom. The fourth-order valence-electron chi connectivity index (χ4n) is 3.65. The van der Waals surface area contributed by atoms with Gasteiger partial charge in [0.15, 0.2) is 12.2 Å². The predicted octanol–water partition coefficient (Wildman–Crippen LogP) is 3.82. The van der Waals surface area contributed by atoms with E-state index in [1.807, 2.05) is 0 Å². The molecule has 0 aromatic carbocycles. The number of carbonyl (C=O) groups is 2. The third-order valence-corrected chi connectivity index (χ3v) is 6.57. The Morgan fingerprint density at radius 2 is 1.38 bits per heavy atom. The first-order chi connectivity index (χ1) is 15.3. The van der Waals surface area contributed by atoms with Gasteiger partial charge in [0.25, 0.3) is 5.78 Å². The summed E-state index contributed by atoms with van der Waals surface area (Å²) in [5.74, 6) is -2.49. The standard InChI is InChI=1S/C22H41O9P/c1-2-3-4-5-6-7-8-9-10-11-12-13-14-15-16-29-32(27,28)31-21-19(25)22(26)30-20(21)18(24)17-23/h18,20-21,23-24H,2-17H2,1H3,(H,27,28)/t18-,20+,21?/m0/s1. The van der Waals surface area contributed by atoms with Crippen molar-refractivity contribution in [3.63, 3.8) is 0 Å². The van der Waals surface area contributed by atoms with Gasteiger partial charge in [-0.2, -0.15) is 0 Å². The summed E-state index contributed by atoms with van der Waals surface area (Å²) in [5, 5.41) is 18.6. The topological polar surface area (TPSA) is 140 Å². The molecular formula is C22H41O9P. The van der Waals surface area contributed by atoms with E-state index in [9.17, 15) is 24.2 Å². The minimum atomic E-state index is -4.63. The zero-order chi connectivity index (χ0) is 23.8. The summed E-state index contributed by atoms with van der Waals surface area (Å²) >= 11 is 0. The van der Waals surface area contributed by atoms with Crippen LogP contribution >= 0.6 is 7.82 Å². The maximum absolute atomic E-state index is 12.1. The quantitative estimate of drug-likeness (QED) is 0.103. The van der Waals surface area contributed by atoms with Crippen LogP contribution in [0.5, 0.6) is 0 Å². The minimum absolute atomic E-state index is 0.0330. The van der Waals surface area contributed by atoms with Gasteiger partial charge in [-0.1, -0.05) is 90.4 Å². The van der Waals surface area contributed by atoms with Gasteiger partial charge in [0, 0.05) is 0 Å². The van der Waals surface area contributed by atoms with Gasteiger partial charge >= 0.3 is 13.8 Å². The zero-order valence-corrected chi connectivity index (χ0v) is 20.2. The second kappa shape index (κ2) is 16.7. The van der Waals surface area contributed by atoms with Crippen molar-refractivity contribution in [2.45, 2.75) is 115 Å². The van der Waals surface area contributed by atoms with Crippen LogP contribution < -0.4 is 0 Å². The third-order valence-electron chi connectivity index (χ3n) is 5.57. The molecule has 1 fully saturated rings. The summed E-state index contributed by atoms with van der Waals surface area (Å²) in [6, 6.07) is 0. The molecule has 0 bridgehead atoms. The van der Waals surface area contributed by atoms with Crippen LogP contribution in [0.1, 0.15) is 96.8 Å². The van der Waals surface area contributed by atoms with Crippen LogP contribution in [0.3, 0.4) is 0 Å². The third kappa shape index (κ3) is 11.9. The maximum atomic E-state index is 12.1. The molecule has 0 spiro atoms. The molecule has 10 heteroatoms. The Balaban J connectivity index is 2.07. The molecule has 0 aliphatic carbocycles. The highest BCUT2D eigenvalue weighted by molar-refractivity contribution is 7.47. The molecule has 1 heterocycles. The molecule has 1 aliphatic heterocycles. The van der Waals surface area contributed by atoms with Crippen molar-refractivity contribution in [1.29, 1.82) is 0 Å². The molecular weight excluding hydrogens is 439 g/mol. The van der Waals surface area contributed by atoms with Crippen LogP contribution in [-0.2, 0) is 27.9 Å². The van der Waals surface area contributed by atoms with E-state index in [1.54, 1.807) is 0 Å². The summed E-state index contributed by atoms with van der Waals surface area (Å²) in [7, 11) is -4.63. The Hall–Kier alpha value is -0.830. The van der Waals surface area contributed by atoms with Gasteiger partial charge < -0.3 is 19.8 Å². The number of ketones is 1. The van der Waals surface area contributed by atoms with Crippen LogP contribution in [0.2, 0.25) is 0 Å². The number of aliphatic hydroxyl groups is 2. The van der Waals surface area contributed by atoms with E-state index in [-0.39, 0.29) is 6.61 Å². The van der Waals surface area contributed by atoms with Gasteiger partial charge in [0.1, 0.15) is 6.10 Å². The number of aliphatic hydroxyl groups excluding tert-OH is 2. The summed E-state index contributed by atoms with van der Waals surface area (Å²) in [6.07, 6.45) is 11.6. The molecule has 0 aromatic rings. The Bertz CT molecular complexity index is 584. The molecule has 3 N–H and O–H groups in total. The van der Waals surface area contributed by atoms with Crippen molar-refractivity contribution < 1.29 is 43.0 Å². The number of carbonyl (C=O) groups excluding carboxylic acids is 2. The number of phosphoric ester groups is 1. The number of rotatable bonds is 20. The molecule has 188 valence electrons.